The monoisotopic (exact) mass is 264 g/mol. The Labute approximate surface area is 93.3 Å². The molecule has 0 aliphatic carbocycles. The molecule has 0 saturated heterocycles. The quantitative estimate of drug-likeness (QED) is 0.595. The molecule has 0 bridgehead atoms. The zero-order chi connectivity index (χ0) is 12.9. The molecule has 0 aromatic carbocycles. The predicted octanol–water partition coefficient (Wildman–Crippen LogP) is 1.34. The maximum atomic E-state index is 12.3. The molecule has 94 valence electrons. The minimum Gasteiger partial charge on any atom is -0.332 e. The number of nitrogens with one attached hydrogen (secondary N) is 2. The fourth-order valence-corrected chi connectivity index (χ4v) is 0.585. The smallest absolute Gasteiger partial charge is 0.324 e. The van der Waals surface area contributed by atoms with E-state index in [4.69, 9.17) is 11.6 Å². The van der Waals surface area contributed by atoms with E-state index in [0.717, 1.165) is 0 Å². The number of hydrogen-bond acceptors (Lipinski definition) is 2. The maximum Gasteiger partial charge on any atom is 0.324 e. The molecule has 0 aromatic heterocycles. The third kappa shape index (κ3) is 5.15. The average molecular weight is 265 g/mol. The van der Waals surface area contributed by atoms with Crippen molar-refractivity contribution in [3.05, 3.63) is 0 Å². The van der Waals surface area contributed by atoms with Crippen molar-refractivity contribution in [2.75, 3.05) is 6.54 Å². The predicted molar refractivity (Wildman–Crippen MR) is 47.8 cm³/mol. The van der Waals surface area contributed by atoms with Gasteiger partial charge < -0.3 is 5.32 Å². The molecule has 0 aliphatic heterocycles. The van der Waals surface area contributed by atoms with Crippen molar-refractivity contribution in [1.29, 1.82) is 0 Å². The molecule has 9 heteroatoms. The highest BCUT2D eigenvalue weighted by atomic mass is 35.5. The van der Waals surface area contributed by atoms with Crippen molar-refractivity contribution < 1.29 is 27.2 Å². The van der Waals surface area contributed by atoms with Crippen LogP contribution in [0.2, 0.25) is 0 Å². The minimum absolute atomic E-state index is 0.917. The van der Waals surface area contributed by atoms with Gasteiger partial charge in [0.15, 0.2) is 0 Å². The molecule has 2 N–H and O–H groups in total. The van der Waals surface area contributed by atoms with E-state index in [2.05, 4.69) is 0 Å². The lowest BCUT2D eigenvalue weighted by molar-refractivity contribution is -0.124. The van der Waals surface area contributed by atoms with E-state index in [9.17, 15) is 27.2 Å². The summed E-state index contributed by atoms with van der Waals surface area (Å²) in [5.74, 6) is -5.26. The third-order valence-corrected chi connectivity index (χ3v) is 1.60. The Bertz CT molecular complexity index is 273. The zero-order valence-electron chi connectivity index (χ0n) is 8.07. The molecule has 4 nitrogen and oxygen atoms in total. The van der Waals surface area contributed by atoms with Crippen LogP contribution in [0.4, 0.5) is 22.4 Å². The largest absolute Gasteiger partial charge is 0.332 e. The van der Waals surface area contributed by atoms with Gasteiger partial charge in [0, 0.05) is 0 Å². The van der Waals surface area contributed by atoms with Gasteiger partial charge in [0.2, 0.25) is 5.91 Å². The van der Waals surface area contributed by atoms with Gasteiger partial charge in [0.25, 0.3) is 0 Å². The second kappa shape index (κ2) is 5.88. The average Bonchev–Trinajstić information content (AvgIpc) is 2.14. The molecule has 3 amide bonds. The van der Waals surface area contributed by atoms with E-state index < -0.39 is 36.2 Å². The number of amides is 3. The number of hydrogen-bond donors (Lipinski definition) is 2. The molecule has 0 heterocycles. The summed E-state index contributed by atoms with van der Waals surface area (Å²) in [5, 5.41) is 1.98. The van der Waals surface area contributed by atoms with E-state index >= 15 is 0 Å². The normalized spacial score (nSPS) is 13.4. The van der Waals surface area contributed by atoms with Crippen molar-refractivity contribution in [2.24, 2.45) is 0 Å². The number of rotatable bonds is 4. The van der Waals surface area contributed by atoms with Crippen molar-refractivity contribution in [2.45, 2.75) is 24.6 Å². The zero-order valence-corrected chi connectivity index (χ0v) is 8.82. The molecule has 16 heavy (non-hydrogen) atoms. The second-order valence-corrected chi connectivity index (χ2v) is 3.50. The first-order valence-corrected chi connectivity index (χ1v) is 4.49. The standard InChI is InChI=1S/C7H9ClF4N2O2/c1-3(8)4(15)14-6(16)13-2-7(11,12)5(9)10/h3,5H,2H2,1H3,(H2,13,14,15,16). The van der Waals surface area contributed by atoms with E-state index in [1.54, 1.807) is 5.32 Å². The molecule has 0 radical (unpaired) electrons. The van der Waals surface area contributed by atoms with E-state index in [-0.39, 0.29) is 0 Å². The number of carbonyl (C=O) groups excluding carboxylic acids is 2. The molecular formula is C7H9ClF4N2O2. The summed E-state index contributed by atoms with van der Waals surface area (Å²) < 4.78 is 47.9. The third-order valence-electron chi connectivity index (χ3n) is 1.40. The van der Waals surface area contributed by atoms with E-state index in [1.807, 2.05) is 0 Å². The Balaban J connectivity index is 4.04. The molecular weight excluding hydrogens is 256 g/mol. The van der Waals surface area contributed by atoms with E-state index in [0.29, 0.717) is 0 Å². The van der Waals surface area contributed by atoms with Gasteiger partial charge >= 0.3 is 18.4 Å². The van der Waals surface area contributed by atoms with Gasteiger partial charge in [-0.1, -0.05) is 0 Å². The topological polar surface area (TPSA) is 58.2 Å². The Morgan fingerprint density at radius 1 is 1.38 bits per heavy atom. The summed E-state index contributed by atoms with van der Waals surface area (Å²) in [4.78, 5) is 21.5. The minimum atomic E-state index is -4.34. The van der Waals surface area contributed by atoms with Crippen LogP contribution in [0.1, 0.15) is 6.92 Å². The molecule has 0 spiro atoms. The lowest BCUT2D eigenvalue weighted by atomic mass is 10.3. The van der Waals surface area contributed by atoms with Gasteiger partial charge in [-0.15, -0.1) is 11.6 Å². The number of imide groups is 1. The van der Waals surface area contributed by atoms with Crippen LogP contribution in [-0.4, -0.2) is 36.2 Å². The Morgan fingerprint density at radius 2 is 1.88 bits per heavy atom. The first-order valence-electron chi connectivity index (χ1n) is 4.05. The van der Waals surface area contributed by atoms with Gasteiger partial charge in [0.1, 0.15) is 5.38 Å². The Kier molecular flexibility index (Phi) is 5.49. The highest BCUT2D eigenvalue weighted by Crippen LogP contribution is 2.21. The van der Waals surface area contributed by atoms with E-state index in [1.165, 1.54) is 12.2 Å². The number of urea groups is 1. The van der Waals surface area contributed by atoms with Crippen LogP contribution >= 0.6 is 11.6 Å². The summed E-state index contributed by atoms with van der Waals surface area (Å²) in [6, 6.07) is -1.31. The van der Waals surface area contributed by atoms with Gasteiger partial charge in [-0.05, 0) is 6.92 Å². The Hall–Kier alpha value is -1.05. The van der Waals surface area contributed by atoms with Gasteiger partial charge in [0.05, 0.1) is 6.54 Å². The van der Waals surface area contributed by atoms with Gasteiger partial charge in [-0.3, -0.25) is 10.1 Å². The van der Waals surface area contributed by atoms with Crippen LogP contribution in [-0.2, 0) is 4.79 Å². The van der Waals surface area contributed by atoms with Crippen molar-refractivity contribution in [3.8, 4) is 0 Å². The lowest BCUT2D eigenvalue weighted by Crippen LogP contribution is -2.48. The summed E-state index contributed by atoms with van der Waals surface area (Å²) >= 11 is 5.25. The summed E-state index contributed by atoms with van der Waals surface area (Å²) in [7, 11) is 0. The summed E-state index contributed by atoms with van der Waals surface area (Å²) in [5.41, 5.74) is 0. The fraction of sp³-hybridized carbons (Fsp3) is 0.714. The second-order valence-electron chi connectivity index (χ2n) is 2.85. The van der Waals surface area contributed by atoms with Crippen LogP contribution in [0.15, 0.2) is 0 Å². The molecule has 0 fully saturated rings. The van der Waals surface area contributed by atoms with Crippen LogP contribution in [0, 0.1) is 0 Å². The summed E-state index contributed by atoms with van der Waals surface area (Å²) in [6.07, 6.45) is -3.89. The number of alkyl halides is 5. The fourth-order valence-electron chi connectivity index (χ4n) is 0.531. The lowest BCUT2D eigenvalue weighted by Gasteiger charge is -2.15. The highest BCUT2D eigenvalue weighted by Gasteiger charge is 2.40. The summed E-state index contributed by atoms with van der Waals surface area (Å²) in [6.45, 7) is -0.321. The molecule has 0 aliphatic rings. The van der Waals surface area contributed by atoms with Crippen LogP contribution in [0.25, 0.3) is 0 Å². The number of halogens is 5. The maximum absolute atomic E-state index is 12.3. The molecule has 1 unspecified atom stereocenters. The SMILES string of the molecule is CC(Cl)C(=O)NC(=O)NCC(F)(F)C(F)F. The highest BCUT2D eigenvalue weighted by molar-refractivity contribution is 6.31. The molecule has 0 saturated carbocycles. The molecule has 0 rings (SSSR count). The molecule has 0 aromatic rings. The molecule has 1 atom stereocenters. The van der Waals surface area contributed by atoms with Crippen molar-refractivity contribution >= 4 is 23.5 Å². The van der Waals surface area contributed by atoms with Crippen molar-refractivity contribution in [1.82, 2.24) is 10.6 Å². The first kappa shape index (κ1) is 14.9. The van der Waals surface area contributed by atoms with Crippen LogP contribution in [0.3, 0.4) is 0 Å². The van der Waals surface area contributed by atoms with Gasteiger partial charge in [-0.25, -0.2) is 13.6 Å². The van der Waals surface area contributed by atoms with Crippen LogP contribution < -0.4 is 10.6 Å². The van der Waals surface area contributed by atoms with Crippen LogP contribution in [0.5, 0.6) is 0 Å². The number of carbonyl (C=O) groups is 2. The van der Waals surface area contributed by atoms with Gasteiger partial charge in [-0.2, -0.15) is 8.78 Å². The first-order chi connectivity index (χ1) is 7.16. The Morgan fingerprint density at radius 3 is 2.25 bits per heavy atom. The van der Waals surface area contributed by atoms with Crippen molar-refractivity contribution in [3.63, 3.8) is 0 Å².